The fourth-order valence-corrected chi connectivity index (χ4v) is 2.98. The Hall–Kier alpha value is -1.39. The molecular weight excluding hydrogens is 256 g/mol. The zero-order valence-electron chi connectivity index (χ0n) is 11.9. The lowest BCUT2D eigenvalue weighted by atomic mass is 10.0. The molecule has 102 valence electrons. The highest BCUT2D eigenvalue weighted by atomic mass is 32.1. The van der Waals surface area contributed by atoms with Crippen molar-refractivity contribution >= 4 is 11.3 Å². The second kappa shape index (κ2) is 6.17. The number of benzene rings is 1. The van der Waals surface area contributed by atoms with E-state index >= 15 is 0 Å². The Kier molecular flexibility index (Phi) is 4.56. The number of nitrogens with one attached hydrogen (secondary N) is 1. The van der Waals surface area contributed by atoms with E-state index in [9.17, 15) is 0 Å². The van der Waals surface area contributed by atoms with Gasteiger partial charge in [-0.1, -0.05) is 17.7 Å². The predicted molar refractivity (Wildman–Crippen MR) is 80.1 cm³/mol. The quantitative estimate of drug-likeness (QED) is 0.910. The molecule has 2 rings (SSSR count). The lowest BCUT2D eigenvalue weighted by molar-refractivity contribution is 0.401. The average Bonchev–Trinajstić information content (AvgIpc) is 2.81. The van der Waals surface area contributed by atoms with Gasteiger partial charge in [0.1, 0.15) is 5.75 Å². The van der Waals surface area contributed by atoms with Crippen LogP contribution in [0.2, 0.25) is 0 Å². The average molecular weight is 276 g/mol. The molecule has 0 aliphatic heterocycles. The van der Waals surface area contributed by atoms with Crippen LogP contribution in [0.1, 0.15) is 27.9 Å². The van der Waals surface area contributed by atoms with Gasteiger partial charge in [0.05, 0.1) is 12.1 Å². The summed E-state index contributed by atoms with van der Waals surface area (Å²) in [6.45, 7) is 4.13. The van der Waals surface area contributed by atoms with Crippen LogP contribution in [0.5, 0.6) is 5.75 Å². The molecule has 0 saturated heterocycles. The summed E-state index contributed by atoms with van der Waals surface area (Å²) in [5.41, 5.74) is 3.52. The molecule has 1 atom stereocenters. The first kappa shape index (κ1) is 14.0. The molecule has 1 aromatic carbocycles. The largest absolute Gasteiger partial charge is 0.496 e. The molecule has 0 spiro atoms. The summed E-state index contributed by atoms with van der Waals surface area (Å²) in [5, 5.41) is 6.61. The van der Waals surface area contributed by atoms with Crippen molar-refractivity contribution in [1.29, 1.82) is 0 Å². The molecule has 1 aromatic heterocycles. The molecule has 1 heterocycles. The van der Waals surface area contributed by atoms with Crippen LogP contribution >= 0.6 is 11.3 Å². The van der Waals surface area contributed by atoms with Crippen molar-refractivity contribution in [3.05, 3.63) is 45.4 Å². The molecule has 0 amide bonds. The van der Waals surface area contributed by atoms with E-state index in [-0.39, 0.29) is 6.04 Å². The van der Waals surface area contributed by atoms with Crippen molar-refractivity contribution in [2.75, 3.05) is 14.2 Å². The summed E-state index contributed by atoms with van der Waals surface area (Å²) in [6, 6.07) is 6.51. The van der Waals surface area contributed by atoms with Crippen molar-refractivity contribution in [3.63, 3.8) is 0 Å². The van der Waals surface area contributed by atoms with Gasteiger partial charge in [0.25, 0.3) is 0 Å². The summed E-state index contributed by atoms with van der Waals surface area (Å²) in [7, 11) is 3.70. The summed E-state index contributed by atoms with van der Waals surface area (Å²) >= 11 is 1.71. The molecule has 0 bridgehead atoms. The fourth-order valence-electron chi connectivity index (χ4n) is 2.16. The third kappa shape index (κ3) is 3.33. The molecule has 0 radical (unpaired) electrons. The minimum Gasteiger partial charge on any atom is -0.496 e. The van der Waals surface area contributed by atoms with Crippen LogP contribution in [0.3, 0.4) is 0 Å². The highest BCUT2D eigenvalue weighted by molar-refractivity contribution is 7.09. The molecule has 0 saturated carbocycles. The van der Waals surface area contributed by atoms with Crippen molar-refractivity contribution in [1.82, 2.24) is 10.3 Å². The summed E-state index contributed by atoms with van der Waals surface area (Å²) in [4.78, 5) is 4.54. The van der Waals surface area contributed by atoms with E-state index in [1.807, 2.05) is 20.0 Å². The predicted octanol–water partition coefficient (Wildman–Crippen LogP) is 3.27. The Bertz CT molecular complexity index is 551. The maximum atomic E-state index is 5.47. The number of hydrogen-bond donors (Lipinski definition) is 1. The molecule has 3 nitrogen and oxygen atoms in total. The Balaban J connectivity index is 2.28. The van der Waals surface area contributed by atoms with E-state index in [2.05, 4.69) is 34.7 Å². The molecular formula is C15H20N2OS. The van der Waals surface area contributed by atoms with Crippen LogP contribution in [-0.4, -0.2) is 19.1 Å². The highest BCUT2D eigenvalue weighted by Crippen LogP contribution is 2.29. The van der Waals surface area contributed by atoms with Gasteiger partial charge >= 0.3 is 0 Å². The van der Waals surface area contributed by atoms with Gasteiger partial charge < -0.3 is 10.1 Å². The van der Waals surface area contributed by atoms with Gasteiger partial charge in [0.15, 0.2) is 0 Å². The van der Waals surface area contributed by atoms with Gasteiger partial charge in [-0.15, -0.1) is 11.3 Å². The molecule has 0 aliphatic rings. The zero-order chi connectivity index (χ0) is 13.8. The Morgan fingerprint density at radius 3 is 2.74 bits per heavy atom. The summed E-state index contributed by atoms with van der Waals surface area (Å²) in [5.74, 6) is 0.929. The van der Waals surface area contributed by atoms with Crippen LogP contribution in [0, 0.1) is 13.8 Å². The minimum absolute atomic E-state index is 0.223. The highest BCUT2D eigenvalue weighted by Gasteiger charge is 2.16. The standard InChI is InChI=1S/C15H20N2OS/c1-10-5-6-14(18-4)12(7-10)13(16-3)8-15-17-11(2)9-19-15/h5-7,9,13,16H,8H2,1-4H3. The van der Waals surface area contributed by atoms with Crippen LogP contribution in [0.25, 0.3) is 0 Å². The van der Waals surface area contributed by atoms with Crippen molar-refractivity contribution in [2.24, 2.45) is 0 Å². The van der Waals surface area contributed by atoms with Gasteiger partial charge in [-0.3, -0.25) is 0 Å². The van der Waals surface area contributed by atoms with E-state index < -0.39 is 0 Å². The third-order valence-electron chi connectivity index (χ3n) is 3.15. The third-order valence-corrected chi connectivity index (χ3v) is 4.14. The lowest BCUT2D eigenvalue weighted by Crippen LogP contribution is -2.19. The number of hydrogen-bond acceptors (Lipinski definition) is 4. The molecule has 2 aromatic rings. The van der Waals surface area contributed by atoms with Gasteiger partial charge in [0, 0.05) is 29.1 Å². The number of thiazole rings is 1. The number of methoxy groups -OCH3 is 1. The van der Waals surface area contributed by atoms with E-state index in [4.69, 9.17) is 4.74 Å². The monoisotopic (exact) mass is 276 g/mol. The normalized spacial score (nSPS) is 12.4. The smallest absolute Gasteiger partial charge is 0.123 e. The number of likely N-dealkylation sites (N-methyl/N-ethyl adjacent to an activating group) is 1. The summed E-state index contributed by atoms with van der Waals surface area (Å²) in [6.07, 6.45) is 0.884. The van der Waals surface area contributed by atoms with Gasteiger partial charge in [0.2, 0.25) is 0 Å². The number of aryl methyl sites for hydroxylation is 2. The molecule has 19 heavy (non-hydrogen) atoms. The van der Waals surface area contributed by atoms with E-state index in [1.165, 1.54) is 11.1 Å². The SMILES string of the molecule is CNC(Cc1nc(C)cs1)c1cc(C)ccc1OC. The first-order chi connectivity index (χ1) is 9.13. The minimum atomic E-state index is 0.223. The van der Waals surface area contributed by atoms with E-state index in [0.29, 0.717) is 0 Å². The number of aromatic nitrogens is 1. The zero-order valence-corrected chi connectivity index (χ0v) is 12.7. The topological polar surface area (TPSA) is 34.2 Å². The Labute approximate surface area is 118 Å². The molecule has 1 N–H and O–H groups in total. The van der Waals surface area contributed by atoms with Crippen molar-refractivity contribution < 1.29 is 4.74 Å². The maximum Gasteiger partial charge on any atom is 0.123 e. The van der Waals surface area contributed by atoms with Gasteiger partial charge in [-0.05, 0) is 27.0 Å². The van der Waals surface area contributed by atoms with Crippen LogP contribution in [-0.2, 0) is 6.42 Å². The van der Waals surface area contributed by atoms with Crippen molar-refractivity contribution in [2.45, 2.75) is 26.3 Å². The van der Waals surface area contributed by atoms with Crippen LogP contribution in [0.15, 0.2) is 23.6 Å². The number of rotatable bonds is 5. The number of nitrogens with zero attached hydrogens (tertiary/aromatic N) is 1. The summed E-state index contributed by atoms with van der Waals surface area (Å²) < 4.78 is 5.47. The number of ether oxygens (including phenoxy) is 1. The van der Waals surface area contributed by atoms with E-state index in [1.54, 1.807) is 18.4 Å². The molecule has 0 fully saturated rings. The van der Waals surface area contributed by atoms with Crippen LogP contribution < -0.4 is 10.1 Å². The van der Waals surface area contributed by atoms with Crippen molar-refractivity contribution in [3.8, 4) is 5.75 Å². The second-order valence-corrected chi connectivity index (χ2v) is 5.62. The lowest BCUT2D eigenvalue weighted by Gasteiger charge is -2.19. The van der Waals surface area contributed by atoms with E-state index in [0.717, 1.165) is 22.9 Å². The Morgan fingerprint density at radius 2 is 2.16 bits per heavy atom. The first-order valence-electron chi connectivity index (χ1n) is 6.37. The van der Waals surface area contributed by atoms with Crippen LogP contribution in [0.4, 0.5) is 0 Å². The Morgan fingerprint density at radius 1 is 1.37 bits per heavy atom. The molecule has 0 aliphatic carbocycles. The van der Waals surface area contributed by atoms with Gasteiger partial charge in [-0.2, -0.15) is 0 Å². The maximum absolute atomic E-state index is 5.47. The second-order valence-electron chi connectivity index (χ2n) is 4.67. The fraction of sp³-hybridized carbons (Fsp3) is 0.400. The molecule has 4 heteroatoms. The van der Waals surface area contributed by atoms with Gasteiger partial charge in [-0.25, -0.2) is 4.98 Å². The molecule has 1 unspecified atom stereocenters. The first-order valence-corrected chi connectivity index (χ1v) is 7.24.